The molecule has 7 heteroatoms. The van der Waals surface area contributed by atoms with Crippen LogP contribution >= 0.6 is 15.9 Å². The monoisotopic (exact) mass is 402 g/mol. The van der Waals surface area contributed by atoms with Crippen LogP contribution in [0.4, 0.5) is 0 Å². The van der Waals surface area contributed by atoms with E-state index in [1.54, 1.807) is 7.11 Å². The number of benzene rings is 1. The van der Waals surface area contributed by atoms with E-state index in [0.717, 1.165) is 11.3 Å². The Morgan fingerprint density at radius 3 is 2.50 bits per heavy atom. The Hall–Kier alpha value is -0.700. The molecule has 0 unspecified atom stereocenters. The van der Waals surface area contributed by atoms with E-state index >= 15 is 0 Å². The summed E-state index contributed by atoms with van der Waals surface area (Å²) >= 11 is 3.28. The Morgan fingerprint density at radius 2 is 1.88 bits per heavy atom. The van der Waals surface area contributed by atoms with Gasteiger partial charge in [-0.25, -0.2) is 0 Å². The van der Waals surface area contributed by atoms with Crippen molar-refractivity contribution in [2.75, 3.05) is 12.4 Å². The van der Waals surface area contributed by atoms with Crippen molar-refractivity contribution in [2.24, 2.45) is 0 Å². The van der Waals surface area contributed by atoms with Crippen LogP contribution in [-0.2, 0) is 25.6 Å². The van der Waals surface area contributed by atoms with Crippen LogP contribution in [0.3, 0.4) is 0 Å². The zero-order valence-electron chi connectivity index (χ0n) is 14.0. The van der Waals surface area contributed by atoms with Crippen molar-refractivity contribution in [3.05, 3.63) is 29.8 Å². The smallest absolute Gasteiger partial charge is 0.187 e. The van der Waals surface area contributed by atoms with E-state index in [9.17, 15) is 5.11 Å². The van der Waals surface area contributed by atoms with Crippen molar-refractivity contribution in [3.8, 4) is 5.75 Å². The highest BCUT2D eigenvalue weighted by Crippen LogP contribution is 2.40. The fraction of sp³-hybridized carbons (Fsp3) is 0.647. The lowest BCUT2D eigenvalue weighted by Gasteiger charge is -2.25. The van der Waals surface area contributed by atoms with Crippen molar-refractivity contribution < 1.29 is 28.8 Å². The summed E-state index contributed by atoms with van der Waals surface area (Å²) in [6, 6.07) is 7.64. The molecule has 1 aromatic rings. The van der Waals surface area contributed by atoms with Crippen LogP contribution in [0, 0.1) is 0 Å². The van der Waals surface area contributed by atoms with Gasteiger partial charge >= 0.3 is 0 Å². The van der Waals surface area contributed by atoms with Gasteiger partial charge in [-0.1, -0.05) is 28.1 Å². The average molecular weight is 403 g/mol. The molecule has 3 rings (SSSR count). The van der Waals surface area contributed by atoms with Gasteiger partial charge in [-0.15, -0.1) is 0 Å². The fourth-order valence-electron chi connectivity index (χ4n) is 3.02. The van der Waals surface area contributed by atoms with Crippen molar-refractivity contribution in [1.82, 2.24) is 0 Å². The molecular weight excluding hydrogens is 380 g/mol. The molecule has 0 bridgehead atoms. The second kappa shape index (κ2) is 7.27. The van der Waals surface area contributed by atoms with E-state index in [2.05, 4.69) is 15.9 Å². The number of halogens is 1. The molecule has 2 fully saturated rings. The van der Waals surface area contributed by atoms with Gasteiger partial charge in [0, 0.05) is 5.33 Å². The summed E-state index contributed by atoms with van der Waals surface area (Å²) in [7, 11) is 1.63. The molecule has 2 heterocycles. The quantitative estimate of drug-likeness (QED) is 0.735. The zero-order chi connectivity index (χ0) is 17.3. The highest BCUT2D eigenvalue weighted by atomic mass is 79.9. The normalized spacial score (nSPS) is 32.5. The van der Waals surface area contributed by atoms with Crippen LogP contribution in [0.25, 0.3) is 0 Å². The fourth-order valence-corrected chi connectivity index (χ4v) is 3.39. The van der Waals surface area contributed by atoms with Gasteiger partial charge in [0.25, 0.3) is 0 Å². The number of rotatable bonds is 6. The summed E-state index contributed by atoms with van der Waals surface area (Å²) in [5.41, 5.74) is 0.999. The Balaban J connectivity index is 1.66. The number of methoxy groups -OCH3 is 1. The van der Waals surface area contributed by atoms with Crippen LogP contribution < -0.4 is 4.74 Å². The van der Waals surface area contributed by atoms with E-state index in [-0.39, 0.29) is 12.2 Å². The van der Waals surface area contributed by atoms with Gasteiger partial charge in [0.2, 0.25) is 0 Å². The van der Waals surface area contributed by atoms with Gasteiger partial charge < -0.3 is 28.8 Å². The standard InChI is InChI=1S/C17H23BrO6/c1-17(2)23-14-13(12(19)8-18)22-16(15(14)24-17)21-9-10-4-6-11(20-3)7-5-10/h4-7,12-16,19H,8-9H2,1-3H3/t12-,13+,14-,15-,16-/m0/s1. The van der Waals surface area contributed by atoms with Crippen LogP contribution in [0.15, 0.2) is 24.3 Å². The molecule has 0 aromatic heterocycles. The van der Waals surface area contributed by atoms with Gasteiger partial charge in [-0.2, -0.15) is 0 Å². The van der Waals surface area contributed by atoms with Crippen molar-refractivity contribution in [3.63, 3.8) is 0 Å². The molecule has 1 N–H and O–H groups in total. The van der Waals surface area contributed by atoms with E-state index in [4.69, 9.17) is 23.7 Å². The molecule has 6 nitrogen and oxygen atoms in total. The maximum atomic E-state index is 10.2. The molecule has 2 aliphatic heterocycles. The summed E-state index contributed by atoms with van der Waals surface area (Å²) in [4.78, 5) is 0. The lowest BCUT2D eigenvalue weighted by molar-refractivity contribution is -0.244. The second-order valence-electron chi connectivity index (χ2n) is 6.41. The topological polar surface area (TPSA) is 66.4 Å². The highest BCUT2D eigenvalue weighted by molar-refractivity contribution is 9.09. The molecule has 2 saturated heterocycles. The molecule has 0 aliphatic carbocycles. The Morgan fingerprint density at radius 1 is 1.21 bits per heavy atom. The number of aliphatic hydroxyl groups is 1. The zero-order valence-corrected chi connectivity index (χ0v) is 15.6. The molecule has 0 spiro atoms. The first-order valence-electron chi connectivity index (χ1n) is 7.93. The van der Waals surface area contributed by atoms with Crippen molar-refractivity contribution >= 4 is 15.9 Å². The molecule has 1 aromatic carbocycles. The van der Waals surface area contributed by atoms with Gasteiger partial charge in [-0.3, -0.25) is 0 Å². The number of ether oxygens (including phenoxy) is 5. The van der Waals surface area contributed by atoms with Gasteiger partial charge in [0.05, 0.1) is 19.8 Å². The van der Waals surface area contributed by atoms with E-state index in [1.807, 2.05) is 38.1 Å². The first kappa shape index (κ1) is 18.1. The Kier molecular flexibility index (Phi) is 5.48. The van der Waals surface area contributed by atoms with Gasteiger partial charge in [-0.05, 0) is 31.5 Å². The number of alkyl halides is 1. The summed E-state index contributed by atoms with van der Waals surface area (Å²) in [5.74, 6) is 0.0798. The Labute approximate surface area is 150 Å². The van der Waals surface area contributed by atoms with E-state index in [1.165, 1.54) is 0 Å². The number of aliphatic hydroxyl groups excluding tert-OH is 1. The predicted molar refractivity (Wildman–Crippen MR) is 90.1 cm³/mol. The molecule has 0 saturated carbocycles. The maximum Gasteiger partial charge on any atom is 0.187 e. The minimum atomic E-state index is -0.717. The molecule has 5 atom stereocenters. The molecule has 0 amide bonds. The van der Waals surface area contributed by atoms with E-state index in [0.29, 0.717) is 11.9 Å². The van der Waals surface area contributed by atoms with Crippen LogP contribution in [0.2, 0.25) is 0 Å². The lowest BCUT2D eigenvalue weighted by atomic mass is 10.1. The van der Waals surface area contributed by atoms with Crippen molar-refractivity contribution in [1.29, 1.82) is 0 Å². The first-order valence-corrected chi connectivity index (χ1v) is 9.05. The third kappa shape index (κ3) is 3.76. The lowest BCUT2D eigenvalue weighted by Crippen LogP contribution is -2.39. The second-order valence-corrected chi connectivity index (χ2v) is 7.06. The minimum Gasteiger partial charge on any atom is -0.497 e. The van der Waals surface area contributed by atoms with Crippen LogP contribution in [0.1, 0.15) is 19.4 Å². The van der Waals surface area contributed by atoms with Crippen LogP contribution in [-0.4, -0.2) is 54.0 Å². The third-order valence-electron chi connectivity index (χ3n) is 4.16. The third-order valence-corrected chi connectivity index (χ3v) is 4.82. The molecule has 2 aliphatic rings. The maximum absolute atomic E-state index is 10.2. The van der Waals surface area contributed by atoms with Gasteiger partial charge in [0.1, 0.15) is 24.1 Å². The summed E-state index contributed by atoms with van der Waals surface area (Å²) in [5, 5.41) is 10.6. The number of fused-ring (bicyclic) bond motifs is 1. The summed E-state index contributed by atoms with van der Waals surface area (Å²) in [6.45, 7) is 4.08. The minimum absolute atomic E-state index is 0.353. The first-order chi connectivity index (χ1) is 11.4. The molecule has 0 radical (unpaired) electrons. The average Bonchev–Trinajstić information content (AvgIpc) is 3.06. The summed E-state index contributed by atoms with van der Waals surface area (Å²) in [6.07, 6.45) is -2.48. The SMILES string of the molecule is COc1ccc(CO[C@H]2O[C@H]([C@@H](O)CBr)[C@@H]3OC(C)(C)O[C@H]23)cc1. The van der Waals surface area contributed by atoms with Crippen molar-refractivity contribution in [2.45, 2.75) is 56.9 Å². The molecule has 24 heavy (non-hydrogen) atoms. The highest BCUT2D eigenvalue weighted by Gasteiger charge is 2.57. The Bertz CT molecular complexity index is 549. The van der Waals surface area contributed by atoms with E-state index < -0.39 is 24.3 Å². The number of hydrogen-bond donors (Lipinski definition) is 1. The molecular formula is C17H23BrO6. The van der Waals surface area contributed by atoms with Gasteiger partial charge in [0.15, 0.2) is 12.1 Å². The van der Waals surface area contributed by atoms with Crippen LogP contribution in [0.5, 0.6) is 5.75 Å². The molecule has 134 valence electrons. The predicted octanol–water partition coefficient (Wildman–Crippen LogP) is 2.21. The number of hydrogen-bond acceptors (Lipinski definition) is 6. The summed E-state index contributed by atoms with van der Waals surface area (Å²) < 4.78 is 28.7. The largest absolute Gasteiger partial charge is 0.497 e.